The number of rotatable bonds is 10. The molecular formula is C15H25N7S. The van der Waals surface area contributed by atoms with Crippen LogP contribution >= 0.6 is 11.8 Å². The molecule has 0 atom stereocenters. The van der Waals surface area contributed by atoms with Crippen LogP contribution in [-0.4, -0.2) is 49.9 Å². The normalized spacial score (nSPS) is 10.7. The van der Waals surface area contributed by atoms with Crippen LogP contribution < -0.4 is 10.2 Å². The minimum absolute atomic E-state index is 0.654. The lowest BCUT2D eigenvalue weighted by atomic mass is 10.5. The quantitative estimate of drug-likeness (QED) is 0.528. The van der Waals surface area contributed by atoms with Gasteiger partial charge in [-0.05, 0) is 27.2 Å². The summed E-state index contributed by atoms with van der Waals surface area (Å²) in [6.45, 7) is 9.79. The van der Waals surface area contributed by atoms with Crippen LogP contribution in [0.15, 0.2) is 23.9 Å². The summed E-state index contributed by atoms with van der Waals surface area (Å²) in [7, 11) is 0. The molecule has 0 radical (unpaired) electrons. The van der Waals surface area contributed by atoms with Crippen molar-refractivity contribution >= 4 is 23.7 Å². The summed E-state index contributed by atoms with van der Waals surface area (Å²) in [4.78, 5) is 19.8. The molecule has 0 spiro atoms. The maximum absolute atomic E-state index is 4.60. The van der Waals surface area contributed by atoms with E-state index in [0.717, 1.165) is 49.5 Å². The lowest BCUT2D eigenvalue weighted by molar-refractivity contribution is 0.682. The van der Waals surface area contributed by atoms with Gasteiger partial charge in [0.15, 0.2) is 5.16 Å². The Balaban J connectivity index is 1.98. The molecule has 0 aliphatic carbocycles. The number of hydrogen-bond donors (Lipinski definition) is 1. The van der Waals surface area contributed by atoms with Crippen LogP contribution in [-0.2, 0) is 6.54 Å². The highest BCUT2D eigenvalue weighted by molar-refractivity contribution is 7.99. The number of hydrogen-bond acceptors (Lipinski definition) is 7. The fourth-order valence-electron chi connectivity index (χ4n) is 2.13. The molecule has 2 aromatic rings. The van der Waals surface area contributed by atoms with Crippen molar-refractivity contribution in [1.82, 2.24) is 24.5 Å². The third-order valence-electron chi connectivity index (χ3n) is 3.34. The number of aryl methyl sites for hydroxylation is 1. The minimum atomic E-state index is 0.654. The second kappa shape index (κ2) is 9.34. The summed E-state index contributed by atoms with van der Waals surface area (Å²) in [5, 5.41) is 3.97. The summed E-state index contributed by atoms with van der Waals surface area (Å²) in [5.41, 5.74) is 0. The van der Waals surface area contributed by atoms with Gasteiger partial charge in [-0.25, -0.2) is 4.98 Å². The van der Waals surface area contributed by atoms with Crippen molar-refractivity contribution < 1.29 is 0 Å². The highest BCUT2D eigenvalue weighted by atomic mass is 32.2. The Morgan fingerprint density at radius 3 is 2.65 bits per heavy atom. The van der Waals surface area contributed by atoms with Crippen LogP contribution in [0.4, 0.5) is 11.9 Å². The predicted molar refractivity (Wildman–Crippen MR) is 95.1 cm³/mol. The number of anilines is 2. The molecule has 0 unspecified atom stereocenters. The Labute approximate surface area is 142 Å². The zero-order valence-electron chi connectivity index (χ0n) is 14.1. The van der Waals surface area contributed by atoms with Crippen molar-refractivity contribution in [1.29, 1.82) is 0 Å². The molecular weight excluding hydrogens is 310 g/mol. The zero-order chi connectivity index (χ0) is 16.5. The van der Waals surface area contributed by atoms with Crippen molar-refractivity contribution in [2.75, 3.05) is 35.6 Å². The molecule has 2 rings (SSSR count). The van der Waals surface area contributed by atoms with E-state index in [0.29, 0.717) is 5.95 Å². The summed E-state index contributed by atoms with van der Waals surface area (Å²) in [5.74, 6) is 2.37. The SMILES string of the molecule is CCNc1nc(SCCCn2ccnc2)nc(N(CC)CC)n1. The molecule has 0 bridgehead atoms. The van der Waals surface area contributed by atoms with E-state index in [1.54, 1.807) is 18.0 Å². The average Bonchev–Trinajstić information content (AvgIpc) is 3.06. The van der Waals surface area contributed by atoms with Gasteiger partial charge in [-0.1, -0.05) is 11.8 Å². The van der Waals surface area contributed by atoms with Gasteiger partial charge in [0.05, 0.1) is 6.33 Å². The van der Waals surface area contributed by atoms with Gasteiger partial charge in [0.2, 0.25) is 11.9 Å². The summed E-state index contributed by atoms with van der Waals surface area (Å²) in [6, 6.07) is 0. The van der Waals surface area contributed by atoms with Gasteiger partial charge in [-0.15, -0.1) is 0 Å². The van der Waals surface area contributed by atoms with Crippen LogP contribution in [0.2, 0.25) is 0 Å². The van der Waals surface area contributed by atoms with Gasteiger partial charge in [-0.2, -0.15) is 15.0 Å². The second-order valence-electron chi connectivity index (χ2n) is 4.95. The molecule has 0 aromatic carbocycles. The van der Waals surface area contributed by atoms with Gasteiger partial charge in [0.1, 0.15) is 0 Å². The van der Waals surface area contributed by atoms with Crippen molar-refractivity contribution in [2.24, 2.45) is 0 Å². The molecule has 0 aliphatic rings. The molecule has 0 amide bonds. The van der Waals surface area contributed by atoms with Crippen LogP contribution in [0.3, 0.4) is 0 Å². The largest absolute Gasteiger partial charge is 0.354 e. The number of nitrogens with one attached hydrogen (secondary N) is 1. The van der Waals surface area contributed by atoms with E-state index in [2.05, 4.69) is 48.6 Å². The first-order valence-corrected chi connectivity index (χ1v) is 9.08. The van der Waals surface area contributed by atoms with Gasteiger partial charge in [-0.3, -0.25) is 0 Å². The van der Waals surface area contributed by atoms with E-state index in [9.17, 15) is 0 Å². The maximum atomic E-state index is 4.60. The third kappa shape index (κ3) is 5.38. The zero-order valence-corrected chi connectivity index (χ0v) is 14.9. The summed E-state index contributed by atoms with van der Waals surface area (Å²) >= 11 is 1.67. The summed E-state index contributed by atoms with van der Waals surface area (Å²) < 4.78 is 2.08. The molecule has 0 saturated carbocycles. The topological polar surface area (TPSA) is 71.8 Å². The molecule has 1 N–H and O–H groups in total. The van der Waals surface area contributed by atoms with Crippen molar-refractivity contribution in [2.45, 2.75) is 38.9 Å². The number of aromatic nitrogens is 5. The Hall–Kier alpha value is -1.83. The molecule has 0 aliphatic heterocycles. The Morgan fingerprint density at radius 2 is 2.00 bits per heavy atom. The first kappa shape index (κ1) is 17.5. The Morgan fingerprint density at radius 1 is 1.17 bits per heavy atom. The fourth-order valence-corrected chi connectivity index (χ4v) is 2.88. The lowest BCUT2D eigenvalue weighted by Crippen LogP contribution is -2.25. The molecule has 0 saturated heterocycles. The standard InChI is InChI=1S/C15H25N7S/c1-4-17-13-18-14(22(5-2)6-3)20-15(19-13)23-11-7-9-21-10-8-16-12-21/h8,10,12H,4-7,9,11H2,1-3H3,(H,17,18,19,20). The van der Waals surface area contributed by atoms with Crippen LogP contribution in [0.1, 0.15) is 27.2 Å². The van der Waals surface area contributed by atoms with Gasteiger partial charge in [0.25, 0.3) is 0 Å². The van der Waals surface area contributed by atoms with Gasteiger partial charge < -0.3 is 14.8 Å². The van der Waals surface area contributed by atoms with Gasteiger partial charge >= 0.3 is 0 Å². The van der Waals surface area contributed by atoms with Crippen LogP contribution in [0.25, 0.3) is 0 Å². The molecule has 2 heterocycles. The Bertz CT molecular complexity index is 569. The van der Waals surface area contributed by atoms with E-state index in [-0.39, 0.29) is 0 Å². The van der Waals surface area contributed by atoms with Crippen LogP contribution in [0, 0.1) is 0 Å². The van der Waals surface area contributed by atoms with E-state index < -0.39 is 0 Å². The van der Waals surface area contributed by atoms with Crippen molar-refractivity contribution in [3.05, 3.63) is 18.7 Å². The smallest absolute Gasteiger partial charge is 0.231 e. The molecule has 8 heteroatoms. The minimum Gasteiger partial charge on any atom is -0.354 e. The Kier molecular flexibility index (Phi) is 7.12. The molecule has 2 aromatic heterocycles. The maximum Gasteiger partial charge on any atom is 0.231 e. The number of thioether (sulfide) groups is 1. The van der Waals surface area contributed by atoms with E-state index >= 15 is 0 Å². The van der Waals surface area contributed by atoms with Gasteiger partial charge in [0, 0.05) is 44.3 Å². The molecule has 7 nitrogen and oxygen atoms in total. The highest BCUT2D eigenvalue weighted by Gasteiger charge is 2.11. The number of imidazole rings is 1. The van der Waals surface area contributed by atoms with Crippen molar-refractivity contribution in [3.63, 3.8) is 0 Å². The lowest BCUT2D eigenvalue weighted by Gasteiger charge is -2.19. The fraction of sp³-hybridized carbons (Fsp3) is 0.600. The first-order valence-electron chi connectivity index (χ1n) is 8.10. The predicted octanol–water partition coefficient (Wildman–Crippen LogP) is 2.53. The van der Waals surface area contributed by atoms with E-state index in [1.807, 2.05) is 19.4 Å². The molecule has 23 heavy (non-hydrogen) atoms. The third-order valence-corrected chi connectivity index (χ3v) is 4.27. The first-order chi connectivity index (χ1) is 11.3. The highest BCUT2D eigenvalue weighted by Crippen LogP contribution is 2.19. The average molecular weight is 335 g/mol. The van der Waals surface area contributed by atoms with Crippen LogP contribution in [0.5, 0.6) is 0 Å². The number of nitrogens with zero attached hydrogens (tertiary/aromatic N) is 6. The van der Waals surface area contributed by atoms with E-state index in [1.165, 1.54) is 0 Å². The van der Waals surface area contributed by atoms with E-state index in [4.69, 9.17) is 0 Å². The second-order valence-corrected chi connectivity index (χ2v) is 6.01. The molecule has 0 fully saturated rings. The molecule has 126 valence electrons. The summed E-state index contributed by atoms with van der Waals surface area (Å²) in [6.07, 6.45) is 6.67. The van der Waals surface area contributed by atoms with Crippen molar-refractivity contribution in [3.8, 4) is 0 Å². The monoisotopic (exact) mass is 335 g/mol.